The Morgan fingerprint density at radius 2 is 1.93 bits per heavy atom. The molecule has 0 aliphatic carbocycles. The number of hydrogen-bond acceptors (Lipinski definition) is 6. The first-order valence-corrected chi connectivity index (χ1v) is 9.21. The van der Waals surface area contributed by atoms with Crippen molar-refractivity contribution in [3.63, 3.8) is 0 Å². The number of aromatic nitrogens is 2. The number of ketones is 1. The van der Waals surface area contributed by atoms with E-state index in [1.54, 1.807) is 43.5 Å². The summed E-state index contributed by atoms with van der Waals surface area (Å²) in [4.78, 5) is 34.5. The number of rotatable bonds is 8. The third-order valence-electron chi connectivity index (χ3n) is 4.54. The topological polar surface area (TPSA) is 117 Å². The maximum absolute atomic E-state index is 12.8. The molecule has 9 nitrogen and oxygen atoms in total. The number of carbonyl (C=O) groups excluding carboxylic acids is 1. The summed E-state index contributed by atoms with van der Waals surface area (Å²) in [6, 6.07) is 12.4. The minimum atomic E-state index is -1.00. The third-order valence-corrected chi connectivity index (χ3v) is 4.54. The molecule has 1 aromatic heterocycles. The summed E-state index contributed by atoms with van der Waals surface area (Å²) < 4.78 is 8.27. The van der Waals surface area contributed by atoms with Crippen molar-refractivity contribution in [2.75, 3.05) is 6.61 Å². The Balaban J connectivity index is 1.70. The predicted molar refractivity (Wildman–Crippen MR) is 109 cm³/mol. The normalized spacial score (nSPS) is 11.8. The number of carbonyl (C=O) groups is 1. The van der Waals surface area contributed by atoms with Crippen LogP contribution in [-0.4, -0.2) is 37.7 Å². The standard InChI is InChI=1S/C21H21N3O6/c1-14-11-22(21(27)23(14)17-8-6-16(7-9-17)15(2)25)12-19(26)13-30-20-5-3-4-18(10-20)24(28)29/h3-11,19,26H,12-13H2,1-2H3. The zero-order valence-electron chi connectivity index (χ0n) is 16.5. The number of nitro groups is 1. The van der Waals surface area contributed by atoms with Gasteiger partial charge >= 0.3 is 5.69 Å². The molecule has 3 rings (SSSR count). The largest absolute Gasteiger partial charge is 0.491 e. The molecule has 9 heteroatoms. The van der Waals surface area contributed by atoms with Gasteiger partial charge in [0, 0.05) is 23.5 Å². The molecule has 1 unspecified atom stereocenters. The highest BCUT2D eigenvalue weighted by molar-refractivity contribution is 5.94. The second-order valence-electron chi connectivity index (χ2n) is 6.86. The predicted octanol–water partition coefficient (Wildman–Crippen LogP) is 2.50. The van der Waals surface area contributed by atoms with E-state index in [1.807, 2.05) is 0 Å². The lowest BCUT2D eigenvalue weighted by atomic mass is 10.1. The van der Waals surface area contributed by atoms with Crippen LogP contribution in [0, 0.1) is 17.0 Å². The van der Waals surface area contributed by atoms with Crippen molar-refractivity contribution in [3.8, 4) is 11.4 Å². The van der Waals surface area contributed by atoms with E-state index in [4.69, 9.17) is 4.74 Å². The first-order chi connectivity index (χ1) is 14.3. The molecule has 1 heterocycles. The summed E-state index contributed by atoms with van der Waals surface area (Å²) in [5, 5.41) is 21.1. The summed E-state index contributed by atoms with van der Waals surface area (Å²) in [5.41, 5.74) is 1.39. The number of benzene rings is 2. The Labute approximate surface area is 171 Å². The molecule has 1 atom stereocenters. The third kappa shape index (κ3) is 4.64. The van der Waals surface area contributed by atoms with Crippen LogP contribution in [0.1, 0.15) is 23.0 Å². The molecule has 0 radical (unpaired) electrons. The molecule has 0 amide bonds. The lowest BCUT2D eigenvalue weighted by molar-refractivity contribution is -0.384. The van der Waals surface area contributed by atoms with E-state index < -0.39 is 11.0 Å². The summed E-state index contributed by atoms with van der Waals surface area (Å²) >= 11 is 0. The number of hydrogen-bond donors (Lipinski definition) is 1. The van der Waals surface area contributed by atoms with E-state index in [1.165, 1.54) is 34.3 Å². The number of aryl methyl sites for hydroxylation is 1. The molecule has 156 valence electrons. The lowest BCUT2D eigenvalue weighted by Crippen LogP contribution is -2.31. The number of ether oxygens (including phenoxy) is 1. The van der Waals surface area contributed by atoms with Crippen LogP contribution in [0.4, 0.5) is 5.69 Å². The molecule has 0 saturated carbocycles. The molecule has 0 bridgehead atoms. The van der Waals surface area contributed by atoms with Gasteiger partial charge in [-0.25, -0.2) is 4.79 Å². The Hall–Kier alpha value is -3.72. The monoisotopic (exact) mass is 411 g/mol. The fourth-order valence-corrected chi connectivity index (χ4v) is 3.07. The van der Waals surface area contributed by atoms with Crippen LogP contribution < -0.4 is 10.4 Å². The molecule has 3 aromatic rings. The van der Waals surface area contributed by atoms with Crippen LogP contribution in [0.3, 0.4) is 0 Å². The van der Waals surface area contributed by atoms with Crippen molar-refractivity contribution in [1.82, 2.24) is 9.13 Å². The molecule has 30 heavy (non-hydrogen) atoms. The highest BCUT2D eigenvalue weighted by Crippen LogP contribution is 2.19. The Kier molecular flexibility index (Phi) is 6.12. The van der Waals surface area contributed by atoms with Crippen molar-refractivity contribution in [1.29, 1.82) is 0 Å². The van der Waals surface area contributed by atoms with Crippen molar-refractivity contribution in [2.24, 2.45) is 0 Å². The number of aliphatic hydroxyl groups excluding tert-OH is 1. The quantitative estimate of drug-likeness (QED) is 0.346. The molecule has 0 aliphatic heterocycles. The van der Waals surface area contributed by atoms with Gasteiger partial charge in [-0.2, -0.15) is 0 Å². The number of imidazole rings is 1. The average Bonchev–Trinajstić information content (AvgIpc) is 2.99. The van der Waals surface area contributed by atoms with Crippen molar-refractivity contribution in [3.05, 3.63) is 86.6 Å². The summed E-state index contributed by atoms with van der Waals surface area (Å²) in [6.45, 7) is 3.10. The molecule has 1 N–H and O–H groups in total. The van der Waals surface area contributed by atoms with E-state index in [2.05, 4.69) is 0 Å². The van der Waals surface area contributed by atoms with Gasteiger partial charge in [-0.3, -0.25) is 24.0 Å². The maximum atomic E-state index is 12.8. The summed E-state index contributed by atoms with van der Waals surface area (Å²) in [6.07, 6.45) is 0.620. The molecule has 0 saturated heterocycles. The van der Waals surface area contributed by atoms with Crippen LogP contribution in [0.5, 0.6) is 5.75 Å². The van der Waals surface area contributed by atoms with E-state index in [9.17, 15) is 24.8 Å². The second kappa shape index (κ2) is 8.75. The smallest absolute Gasteiger partial charge is 0.333 e. The van der Waals surface area contributed by atoms with Gasteiger partial charge in [0.1, 0.15) is 18.5 Å². The van der Waals surface area contributed by atoms with Crippen LogP contribution in [0.15, 0.2) is 59.5 Å². The lowest BCUT2D eigenvalue weighted by Gasteiger charge is -2.12. The van der Waals surface area contributed by atoms with Crippen LogP contribution in [0.2, 0.25) is 0 Å². The van der Waals surface area contributed by atoms with Gasteiger partial charge in [-0.05, 0) is 44.2 Å². The summed E-state index contributed by atoms with van der Waals surface area (Å²) in [7, 11) is 0. The zero-order chi connectivity index (χ0) is 21.8. The number of Topliss-reactive ketones (excluding diaryl/α,β-unsaturated/α-hetero) is 1. The van der Waals surface area contributed by atoms with E-state index >= 15 is 0 Å². The highest BCUT2D eigenvalue weighted by atomic mass is 16.6. The van der Waals surface area contributed by atoms with Crippen molar-refractivity contribution < 1.29 is 19.6 Å². The molecular weight excluding hydrogens is 390 g/mol. The van der Waals surface area contributed by atoms with E-state index in [0.717, 1.165) is 0 Å². The molecular formula is C21H21N3O6. The van der Waals surface area contributed by atoms with Crippen LogP contribution in [-0.2, 0) is 6.54 Å². The highest BCUT2D eigenvalue weighted by Gasteiger charge is 2.15. The number of aliphatic hydroxyl groups is 1. The van der Waals surface area contributed by atoms with E-state index in [0.29, 0.717) is 16.9 Å². The van der Waals surface area contributed by atoms with Gasteiger partial charge in [-0.15, -0.1) is 0 Å². The fraction of sp³-hybridized carbons (Fsp3) is 0.238. The Bertz CT molecular complexity index is 1130. The van der Waals surface area contributed by atoms with Gasteiger partial charge in [0.2, 0.25) is 0 Å². The Morgan fingerprint density at radius 1 is 1.23 bits per heavy atom. The Morgan fingerprint density at radius 3 is 2.57 bits per heavy atom. The molecule has 2 aromatic carbocycles. The maximum Gasteiger partial charge on any atom is 0.333 e. The summed E-state index contributed by atoms with van der Waals surface area (Å²) in [5.74, 6) is 0.199. The van der Waals surface area contributed by atoms with Crippen molar-refractivity contribution in [2.45, 2.75) is 26.5 Å². The number of non-ortho nitro benzene ring substituents is 1. The van der Waals surface area contributed by atoms with E-state index in [-0.39, 0.29) is 36.1 Å². The van der Waals surface area contributed by atoms with Crippen LogP contribution in [0.25, 0.3) is 5.69 Å². The minimum absolute atomic E-state index is 0.00682. The molecule has 0 spiro atoms. The van der Waals surface area contributed by atoms with Crippen LogP contribution >= 0.6 is 0 Å². The molecule has 0 aliphatic rings. The number of nitro benzene ring substituents is 1. The van der Waals surface area contributed by atoms with Gasteiger partial charge in [0.05, 0.1) is 23.2 Å². The second-order valence-corrected chi connectivity index (χ2v) is 6.86. The number of nitrogens with zero attached hydrogens (tertiary/aromatic N) is 3. The molecule has 0 fully saturated rings. The van der Waals surface area contributed by atoms with Gasteiger partial charge in [0.15, 0.2) is 5.78 Å². The first kappa shape index (κ1) is 21.0. The zero-order valence-corrected chi connectivity index (χ0v) is 16.5. The van der Waals surface area contributed by atoms with Gasteiger partial charge in [-0.1, -0.05) is 6.07 Å². The minimum Gasteiger partial charge on any atom is -0.491 e. The van der Waals surface area contributed by atoms with Gasteiger partial charge in [0.25, 0.3) is 5.69 Å². The first-order valence-electron chi connectivity index (χ1n) is 9.21. The van der Waals surface area contributed by atoms with Crippen molar-refractivity contribution >= 4 is 11.5 Å². The van der Waals surface area contributed by atoms with Gasteiger partial charge < -0.3 is 9.84 Å². The SMILES string of the molecule is CC(=O)c1ccc(-n2c(C)cn(CC(O)COc3cccc([N+](=O)[O-])c3)c2=O)cc1. The fourth-order valence-electron chi connectivity index (χ4n) is 3.07. The average molecular weight is 411 g/mol.